The Morgan fingerprint density at radius 2 is 0.740 bits per heavy atom. The average molecular weight is 1800 g/mol. The molecule has 123 heavy (non-hydrogen) atoms. The summed E-state index contributed by atoms with van der Waals surface area (Å²) in [4.78, 5) is 19.8. The smallest absolute Gasteiger partial charge is 0.194 e. The molecule has 3 aliphatic rings. The summed E-state index contributed by atoms with van der Waals surface area (Å²) < 4.78 is 21.6. The highest BCUT2D eigenvalue weighted by atomic mass is 35.5. The molecule has 3 fully saturated rings. The summed E-state index contributed by atoms with van der Waals surface area (Å²) >= 11 is 44.3. The summed E-state index contributed by atoms with van der Waals surface area (Å²) in [5, 5.41) is 103. The fourth-order valence-electron chi connectivity index (χ4n) is 16.5. The largest absolute Gasteiger partial charge is 0.489 e. The van der Waals surface area contributed by atoms with Crippen molar-refractivity contribution in [3.8, 4) is 17.2 Å². The van der Waals surface area contributed by atoms with Crippen LogP contribution in [0.2, 0.25) is 30.1 Å². The first-order valence-electron chi connectivity index (χ1n) is 40.6. The van der Waals surface area contributed by atoms with Gasteiger partial charge >= 0.3 is 0 Å². The third-order valence-electron chi connectivity index (χ3n) is 22.8. The van der Waals surface area contributed by atoms with Crippen molar-refractivity contribution in [2.75, 3.05) is 19.8 Å². The minimum absolute atomic E-state index is 0.00778. The minimum atomic E-state index is -0.923. The molecule has 0 spiro atoms. The van der Waals surface area contributed by atoms with E-state index in [9.17, 15) is 30.6 Å². The fourth-order valence-corrected chi connectivity index (χ4v) is 17.8. The molecule has 3 aliphatic carbocycles. The molecule has 0 aliphatic heterocycles. The number of aromatic nitrogens is 18. The van der Waals surface area contributed by atoms with E-state index in [4.69, 9.17) is 105 Å². The summed E-state index contributed by atoms with van der Waals surface area (Å²) in [5.41, 5.74) is 7.83. The Bertz CT molecular complexity index is 5770. The summed E-state index contributed by atoms with van der Waals surface area (Å²) in [6, 6.07) is 66.1. The van der Waals surface area contributed by atoms with Crippen LogP contribution in [0.1, 0.15) is 145 Å². The van der Waals surface area contributed by atoms with Crippen LogP contribution in [0.4, 0.5) is 0 Å². The minimum Gasteiger partial charge on any atom is -0.489 e. The molecule has 6 heterocycles. The number of ether oxygens (including phenoxy) is 3. The lowest BCUT2D eigenvalue weighted by atomic mass is 9.77. The van der Waals surface area contributed by atoms with E-state index in [1.54, 1.807) is 36.9 Å². The first kappa shape index (κ1) is 87.7. The predicted molar refractivity (Wildman–Crippen MR) is 471 cm³/mol. The van der Waals surface area contributed by atoms with Gasteiger partial charge in [0.2, 0.25) is 0 Å². The summed E-state index contributed by atoms with van der Waals surface area (Å²) in [6.45, 7) is 0.545. The fraction of sp³-hybridized carbons (Fsp3) is 0.326. The molecule has 0 amide bonds. The van der Waals surface area contributed by atoms with Gasteiger partial charge in [0, 0.05) is 17.8 Å². The molecule has 638 valence electrons. The molecule has 15 aromatic rings. The van der Waals surface area contributed by atoms with Gasteiger partial charge in [0.1, 0.15) is 68.9 Å². The van der Waals surface area contributed by atoms with Gasteiger partial charge in [-0.2, -0.15) is 5.21 Å². The van der Waals surface area contributed by atoms with Crippen molar-refractivity contribution < 1.29 is 44.8 Å². The van der Waals surface area contributed by atoms with E-state index >= 15 is 0 Å². The van der Waals surface area contributed by atoms with Gasteiger partial charge in [-0.1, -0.05) is 295 Å². The Morgan fingerprint density at radius 1 is 0.398 bits per heavy atom. The van der Waals surface area contributed by atoms with E-state index in [2.05, 4.69) is 134 Å². The third-order valence-corrected chi connectivity index (χ3v) is 25.3. The van der Waals surface area contributed by atoms with Crippen molar-refractivity contribution in [3.63, 3.8) is 0 Å². The summed E-state index contributed by atoms with van der Waals surface area (Å²) in [6.07, 6.45) is 10.2. The molecule has 6 atom stereocenters. The third kappa shape index (κ3) is 18.9. The van der Waals surface area contributed by atoms with E-state index in [0.717, 1.165) is 110 Å². The molecule has 18 rings (SSSR count). The van der Waals surface area contributed by atoms with Gasteiger partial charge in [-0.25, -0.2) is 15.0 Å². The van der Waals surface area contributed by atoms with Crippen LogP contribution in [0.3, 0.4) is 0 Å². The number of alkyl halides is 1. The van der Waals surface area contributed by atoms with Gasteiger partial charge in [0.05, 0.1) is 88.7 Å². The first-order chi connectivity index (χ1) is 60.0. The topological polar surface area (TPSA) is 355 Å². The number of imidazole rings is 3. The molecule has 9 aromatic carbocycles. The normalized spacial score (nSPS) is 17.4. The van der Waals surface area contributed by atoms with Crippen LogP contribution < -0.4 is 14.2 Å². The van der Waals surface area contributed by atoms with E-state index in [-0.39, 0.29) is 90.4 Å². The average Bonchev–Trinajstić information content (AvgIpc) is 1.72. The number of hydrogen-bond acceptors (Lipinski definition) is 21. The molecule has 0 radical (unpaired) electrons. The number of nitrogens with one attached hydrogen (secondary N) is 2. The zero-order valence-electron chi connectivity index (χ0n) is 66.6. The van der Waals surface area contributed by atoms with E-state index in [0.29, 0.717) is 114 Å². The maximum absolute atomic E-state index is 10.5. The highest BCUT2D eigenvalue weighted by Gasteiger charge is 2.43. The van der Waals surface area contributed by atoms with E-state index in [1.807, 2.05) is 109 Å². The second kappa shape index (κ2) is 40.6. The molecule has 0 saturated heterocycles. The molecule has 3 saturated carbocycles. The van der Waals surface area contributed by atoms with Crippen LogP contribution in [0.25, 0.3) is 33.1 Å². The van der Waals surface area contributed by atoms with Gasteiger partial charge in [-0.3, -0.25) is 0 Å². The van der Waals surface area contributed by atoms with Crippen molar-refractivity contribution in [1.29, 1.82) is 0 Å². The van der Waals surface area contributed by atoms with E-state index in [1.165, 1.54) is 0 Å². The van der Waals surface area contributed by atoms with Crippen molar-refractivity contribution in [1.82, 2.24) is 90.1 Å². The maximum Gasteiger partial charge on any atom is 0.194 e. The quantitative estimate of drug-likeness (QED) is 0.0195. The lowest BCUT2D eigenvalue weighted by Gasteiger charge is -2.34. The molecule has 27 nitrogen and oxygen atoms in total. The molecule has 0 bridgehead atoms. The Hall–Kier alpha value is -10.2. The standard InChI is InChI=1S/C36H34Cl2N6O3.C21H17ClN4.C17H20Cl2N6O3.C15H18Cl2N2O3/c37-28-20-29-34(35(33(28)38)47-23-24-12-10-11-19-30(24)46)39-32(22-45)43(29)21-31-40-42-44(41-31)36(25-13-4-1-5-14-25,26-15-6-2-7-16-26)27-17-8-3-9-18-27;22-16-20-23-25-26(24-20)21(17-10-4-1-5-11-17,18-12-6-2-7-13-18)19-14-8-3-9-15-19;18-10-5-11-16(20-14(7-26)25(11)6-13-21-23-24-22-13)17(15(10)19)28-8-9-3-1-2-4-12(9)27;16-9-5-10-14(19-12(6-20)18-10)15(13(9)17)22-7-8-3-1-2-4-11(8)21/h1-9,13-18,20,24,30,45-46H,10-12,19,21-23H2;1-15H,16H2;5,9,12,26-27H,1-4,6-8H2,(H,21,22,23,24);5,8,11,20-21H,1-4,6-7H2,(H,18,19)/t24-,30+;;9-,12+;8-,11+/m1.11/s1. The molecule has 8 N–H and O–H groups in total. The number of fused-ring (bicyclic) bond motifs is 3. The van der Waals surface area contributed by atoms with Crippen LogP contribution in [0, 0.1) is 17.8 Å². The monoisotopic (exact) mass is 1800 g/mol. The van der Waals surface area contributed by atoms with Gasteiger partial charge < -0.3 is 59.0 Å². The van der Waals surface area contributed by atoms with Crippen LogP contribution in [-0.2, 0) is 49.9 Å². The lowest BCUT2D eigenvalue weighted by molar-refractivity contribution is 0.0423. The number of tetrazole rings is 3. The zero-order valence-corrected chi connectivity index (χ0v) is 71.9. The van der Waals surface area contributed by atoms with Crippen LogP contribution >= 0.6 is 81.2 Å². The highest BCUT2D eigenvalue weighted by molar-refractivity contribution is 6.45. The number of H-pyrrole nitrogens is 2. The number of aliphatic hydroxyl groups excluding tert-OH is 6. The van der Waals surface area contributed by atoms with E-state index < -0.39 is 17.2 Å². The molecular formula is C89H89Cl7N18O9. The van der Waals surface area contributed by atoms with Gasteiger partial charge in [-0.05, 0) is 101 Å². The SMILES string of the molecule is ClCc1nnn(C(c2ccccc2)(c2ccccc2)c2ccccc2)n1.OCc1nc2c(OC[C@H]3CCCC[C@@H]3O)c(Cl)c(Cl)cc2[nH]1.OCc1nc2c(OC[C@H]3CCCC[C@@H]3O)c(Cl)c(Cl)cc2n1Cc1nn[nH]n1.OCc1nc2c(OC[C@H]3CCCC[C@@H]3O)c(Cl)c(Cl)cc2n1Cc1nnn(C(c2ccccc2)(c2ccccc2)c2ccccc2)n1. The maximum atomic E-state index is 10.5. The lowest BCUT2D eigenvalue weighted by Crippen LogP contribution is -2.39. The second-order valence-electron chi connectivity index (χ2n) is 30.4. The number of rotatable bonds is 25. The van der Waals surface area contributed by atoms with Gasteiger partial charge in [-0.15, -0.1) is 51.8 Å². The molecule has 6 aromatic heterocycles. The summed E-state index contributed by atoms with van der Waals surface area (Å²) in [7, 11) is 0. The van der Waals surface area contributed by atoms with Crippen molar-refractivity contribution in [2.24, 2.45) is 17.8 Å². The van der Waals surface area contributed by atoms with Gasteiger partial charge in [0.25, 0.3) is 0 Å². The van der Waals surface area contributed by atoms with Crippen LogP contribution in [0.15, 0.2) is 200 Å². The van der Waals surface area contributed by atoms with Crippen molar-refractivity contribution in [3.05, 3.63) is 299 Å². The molecular weight excluding hydrogens is 1710 g/mol. The Balaban J connectivity index is 0.000000134. The number of hydrogen-bond donors (Lipinski definition) is 8. The number of nitrogens with zero attached hydrogens (tertiary/aromatic N) is 16. The van der Waals surface area contributed by atoms with Crippen LogP contribution in [-0.4, -0.2) is 159 Å². The summed E-state index contributed by atoms with van der Waals surface area (Å²) in [5.74, 6) is 3.97. The Morgan fingerprint density at radius 3 is 1.07 bits per heavy atom. The number of aliphatic hydroxyl groups is 6. The number of halogens is 7. The van der Waals surface area contributed by atoms with Crippen molar-refractivity contribution in [2.45, 2.75) is 145 Å². The zero-order chi connectivity index (χ0) is 85.6. The molecule has 34 heteroatoms. The van der Waals surface area contributed by atoms with Gasteiger partial charge in [0.15, 0.2) is 45.8 Å². The number of aromatic amines is 2. The number of benzene rings is 9. The second-order valence-corrected chi connectivity index (χ2v) is 33.0. The first-order valence-corrected chi connectivity index (χ1v) is 43.4. The molecule has 0 unspecified atom stereocenters. The Kier molecular flexibility index (Phi) is 29.0. The predicted octanol–water partition coefficient (Wildman–Crippen LogP) is 16.5. The highest BCUT2D eigenvalue weighted by Crippen LogP contribution is 2.46. The van der Waals surface area contributed by atoms with Crippen molar-refractivity contribution >= 4 is 114 Å². The van der Waals surface area contributed by atoms with Crippen LogP contribution in [0.5, 0.6) is 17.2 Å². The Labute approximate surface area is 742 Å².